The Morgan fingerprint density at radius 1 is 1.62 bits per heavy atom. The fourth-order valence-corrected chi connectivity index (χ4v) is 1.54. The molecule has 72 valence electrons. The molecule has 0 amide bonds. The summed E-state index contributed by atoms with van der Waals surface area (Å²) in [6, 6.07) is 0. The maximum absolute atomic E-state index is 13.2. The molecule has 1 atom stereocenters. The van der Waals surface area contributed by atoms with E-state index in [2.05, 4.69) is 15.9 Å². The highest BCUT2D eigenvalue weighted by Crippen LogP contribution is 2.33. The Labute approximate surface area is 88.7 Å². The van der Waals surface area contributed by atoms with Crippen LogP contribution in [0.5, 0.6) is 0 Å². The molecular formula is C8H8BrClFNO. The maximum Gasteiger partial charge on any atom is 0.163 e. The molecule has 2 nitrogen and oxygen atoms in total. The molecular weight excluding hydrogens is 260 g/mol. The van der Waals surface area contributed by atoms with Gasteiger partial charge in [0, 0.05) is 0 Å². The van der Waals surface area contributed by atoms with Gasteiger partial charge in [-0.15, -0.1) is 11.6 Å². The second kappa shape index (κ2) is 3.35. The van der Waals surface area contributed by atoms with Crippen LogP contribution in [0.3, 0.4) is 0 Å². The first kappa shape index (κ1) is 10.6. The number of alkyl halides is 1. The summed E-state index contributed by atoms with van der Waals surface area (Å²) in [6.07, 6.45) is 2.63. The molecule has 0 aromatic carbocycles. The van der Waals surface area contributed by atoms with E-state index in [1.165, 1.54) is 12.2 Å². The van der Waals surface area contributed by atoms with Crippen molar-refractivity contribution >= 4 is 27.5 Å². The first-order valence-electron chi connectivity index (χ1n) is 3.48. The predicted octanol–water partition coefficient (Wildman–Crippen LogP) is 2.86. The summed E-state index contributed by atoms with van der Waals surface area (Å²) >= 11 is 8.76. The number of halogens is 3. The molecule has 1 aliphatic carbocycles. The number of aliphatic hydroxyl groups is 1. The lowest BCUT2D eigenvalue weighted by atomic mass is 10.1. The topological polar surface area (TPSA) is 46.2 Å². The van der Waals surface area contributed by atoms with Crippen LogP contribution in [0.25, 0.3) is 0 Å². The van der Waals surface area contributed by atoms with Crippen LogP contribution in [-0.4, -0.2) is 9.98 Å². The zero-order valence-corrected chi connectivity index (χ0v) is 9.16. The molecule has 0 heterocycles. The van der Waals surface area contributed by atoms with Gasteiger partial charge in [0.25, 0.3) is 0 Å². The molecule has 0 fully saturated rings. The molecule has 0 spiro atoms. The second-order valence-corrected chi connectivity index (χ2v) is 4.52. The Morgan fingerprint density at radius 2 is 2.15 bits per heavy atom. The predicted molar refractivity (Wildman–Crippen MR) is 54.3 cm³/mol. The van der Waals surface area contributed by atoms with Crippen molar-refractivity contribution in [3.8, 4) is 0 Å². The van der Waals surface area contributed by atoms with E-state index in [0.717, 1.165) is 0 Å². The zero-order chi connectivity index (χ0) is 10.2. The van der Waals surface area contributed by atoms with Crippen LogP contribution in [0.2, 0.25) is 0 Å². The highest BCUT2D eigenvalue weighted by atomic mass is 79.9. The van der Waals surface area contributed by atoms with Gasteiger partial charge in [-0.1, -0.05) is 0 Å². The van der Waals surface area contributed by atoms with Crippen molar-refractivity contribution in [1.29, 1.82) is 0 Å². The summed E-state index contributed by atoms with van der Waals surface area (Å²) in [5.41, 5.74) is 5.28. The van der Waals surface area contributed by atoms with Crippen molar-refractivity contribution in [3.63, 3.8) is 0 Å². The first-order valence-corrected chi connectivity index (χ1v) is 4.65. The lowest BCUT2D eigenvalue weighted by Gasteiger charge is -2.10. The molecule has 0 saturated carbocycles. The Kier molecular flexibility index (Phi) is 2.73. The van der Waals surface area contributed by atoms with Crippen molar-refractivity contribution in [2.45, 2.75) is 11.8 Å². The van der Waals surface area contributed by atoms with E-state index < -0.39 is 10.7 Å². The molecule has 1 unspecified atom stereocenters. The van der Waals surface area contributed by atoms with E-state index in [1.54, 1.807) is 6.92 Å². The zero-order valence-electron chi connectivity index (χ0n) is 6.81. The average Bonchev–Trinajstić information content (AvgIpc) is 2.03. The third kappa shape index (κ3) is 2.25. The number of nitrogens with two attached hydrogens (primary N) is 1. The summed E-state index contributed by atoms with van der Waals surface area (Å²) < 4.78 is 13.1. The van der Waals surface area contributed by atoms with Gasteiger partial charge in [-0.25, -0.2) is 4.39 Å². The van der Waals surface area contributed by atoms with Gasteiger partial charge in [0.05, 0.1) is 15.1 Å². The van der Waals surface area contributed by atoms with Gasteiger partial charge in [-0.2, -0.15) is 0 Å². The molecule has 5 heteroatoms. The van der Waals surface area contributed by atoms with E-state index >= 15 is 0 Å². The van der Waals surface area contributed by atoms with Gasteiger partial charge in [0.15, 0.2) is 5.83 Å². The summed E-state index contributed by atoms with van der Waals surface area (Å²) in [5, 5.41) is 9.32. The van der Waals surface area contributed by atoms with Crippen LogP contribution >= 0.6 is 27.5 Å². The van der Waals surface area contributed by atoms with Gasteiger partial charge < -0.3 is 10.8 Å². The van der Waals surface area contributed by atoms with Crippen molar-refractivity contribution < 1.29 is 9.50 Å². The Bertz CT molecular complexity index is 303. The Balaban J connectivity index is 3.30. The molecule has 0 saturated heterocycles. The van der Waals surface area contributed by atoms with Gasteiger partial charge in [-0.3, -0.25) is 0 Å². The maximum atomic E-state index is 13.2. The average molecular weight is 269 g/mol. The molecule has 1 rings (SSSR count). The third-order valence-corrected chi connectivity index (χ3v) is 2.50. The Morgan fingerprint density at radius 3 is 2.69 bits per heavy atom. The normalized spacial score (nSPS) is 29.5. The molecule has 3 N–H and O–H groups in total. The number of rotatable bonds is 0. The number of hydrogen-bond donors (Lipinski definition) is 2. The lowest BCUT2D eigenvalue weighted by molar-refractivity contribution is 0.423. The molecule has 1 aliphatic rings. The van der Waals surface area contributed by atoms with Gasteiger partial charge in [-0.05, 0) is 35.0 Å². The third-order valence-electron chi connectivity index (χ3n) is 1.53. The summed E-state index contributed by atoms with van der Waals surface area (Å²) in [7, 11) is 0. The van der Waals surface area contributed by atoms with Crippen LogP contribution in [0.1, 0.15) is 6.92 Å². The molecule has 13 heavy (non-hydrogen) atoms. The fourth-order valence-electron chi connectivity index (χ4n) is 0.979. The highest BCUT2D eigenvalue weighted by molar-refractivity contribution is 9.12. The van der Waals surface area contributed by atoms with E-state index in [9.17, 15) is 9.50 Å². The minimum Gasteiger partial charge on any atom is -0.507 e. The van der Waals surface area contributed by atoms with Crippen LogP contribution in [-0.2, 0) is 0 Å². The van der Waals surface area contributed by atoms with E-state index in [-0.39, 0.29) is 15.9 Å². The molecule has 0 radical (unpaired) electrons. The number of allylic oxidation sites excluding steroid dienone is 4. The second-order valence-electron chi connectivity index (χ2n) is 2.91. The van der Waals surface area contributed by atoms with Crippen LogP contribution in [0, 0.1) is 0 Å². The molecule has 0 aromatic heterocycles. The standard InChI is InChI=1S/C8H8BrClFNO/c1-8(10)2-4(12)7(11)6(9)5(13)3-8/h2-3,13H,12H2,1H3. The fraction of sp³-hybridized carbons (Fsp3) is 0.250. The minimum atomic E-state index is -0.971. The van der Waals surface area contributed by atoms with Crippen LogP contribution in [0.15, 0.2) is 33.9 Å². The van der Waals surface area contributed by atoms with Gasteiger partial charge in [0.2, 0.25) is 0 Å². The van der Waals surface area contributed by atoms with Gasteiger partial charge >= 0.3 is 0 Å². The smallest absolute Gasteiger partial charge is 0.163 e. The largest absolute Gasteiger partial charge is 0.507 e. The van der Waals surface area contributed by atoms with Crippen molar-refractivity contribution in [2.24, 2.45) is 5.73 Å². The highest BCUT2D eigenvalue weighted by Gasteiger charge is 2.24. The lowest BCUT2D eigenvalue weighted by Crippen LogP contribution is -2.11. The summed E-state index contributed by atoms with van der Waals surface area (Å²) in [5.74, 6) is -0.968. The SMILES string of the molecule is CC1(Cl)C=C(N)C(F)=C(Br)C(O)=C1. The van der Waals surface area contributed by atoms with Crippen molar-refractivity contribution in [1.82, 2.24) is 0 Å². The van der Waals surface area contributed by atoms with Crippen molar-refractivity contribution in [3.05, 3.63) is 33.9 Å². The van der Waals surface area contributed by atoms with Crippen LogP contribution < -0.4 is 5.73 Å². The monoisotopic (exact) mass is 267 g/mol. The molecule has 0 aliphatic heterocycles. The number of aliphatic hydroxyl groups excluding tert-OH is 1. The summed E-state index contributed by atoms with van der Waals surface area (Å²) in [6.45, 7) is 1.59. The van der Waals surface area contributed by atoms with Crippen LogP contribution in [0.4, 0.5) is 4.39 Å². The first-order chi connectivity index (χ1) is 5.83. The molecule has 0 bridgehead atoms. The Hall–Kier alpha value is -0.480. The van der Waals surface area contributed by atoms with Gasteiger partial charge in [0.1, 0.15) is 5.76 Å². The van der Waals surface area contributed by atoms with E-state index in [0.29, 0.717) is 0 Å². The van der Waals surface area contributed by atoms with E-state index in [4.69, 9.17) is 17.3 Å². The van der Waals surface area contributed by atoms with E-state index in [1.807, 2.05) is 0 Å². The molecule has 0 aromatic rings. The number of hydrogen-bond acceptors (Lipinski definition) is 2. The quantitative estimate of drug-likeness (QED) is 0.664. The van der Waals surface area contributed by atoms with Crippen molar-refractivity contribution in [2.75, 3.05) is 0 Å². The summed E-state index contributed by atoms with van der Waals surface area (Å²) in [4.78, 5) is -0.971. The minimum absolute atomic E-state index is 0.0781.